The van der Waals surface area contributed by atoms with Gasteiger partial charge in [0.2, 0.25) is 0 Å². The standard InChI is InChI=1S/C21H20Cl2N2O2/c1-13(2)12-27-20-17(22)9-15(10-18(20)23)8-16(11-24)21(26)25-19-7-5-4-6-14(19)3/h4-10,13H,12H2,1-3H3,(H,25,26)/b16-8+. The number of carbonyl (C=O) groups excluding carboxylic acids is 1. The summed E-state index contributed by atoms with van der Waals surface area (Å²) in [6.07, 6.45) is 1.44. The molecule has 0 atom stereocenters. The highest BCUT2D eigenvalue weighted by molar-refractivity contribution is 6.37. The van der Waals surface area contributed by atoms with Crippen LogP contribution >= 0.6 is 23.2 Å². The van der Waals surface area contributed by atoms with Gasteiger partial charge >= 0.3 is 0 Å². The molecule has 2 aromatic rings. The molecular formula is C21H20Cl2N2O2. The zero-order valence-electron chi connectivity index (χ0n) is 15.3. The fraction of sp³-hybridized carbons (Fsp3) is 0.238. The summed E-state index contributed by atoms with van der Waals surface area (Å²) in [4.78, 5) is 12.4. The normalized spacial score (nSPS) is 11.2. The van der Waals surface area contributed by atoms with E-state index >= 15 is 0 Å². The number of hydrogen-bond donors (Lipinski definition) is 1. The fourth-order valence-corrected chi connectivity index (χ4v) is 2.88. The number of nitriles is 1. The van der Waals surface area contributed by atoms with Gasteiger partial charge < -0.3 is 10.1 Å². The van der Waals surface area contributed by atoms with Gasteiger partial charge in [-0.2, -0.15) is 5.26 Å². The average Bonchev–Trinajstić information content (AvgIpc) is 2.60. The van der Waals surface area contributed by atoms with Gasteiger partial charge in [0, 0.05) is 5.69 Å². The van der Waals surface area contributed by atoms with Crippen molar-refractivity contribution in [3.63, 3.8) is 0 Å². The first-order valence-electron chi connectivity index (χ1n) is 8.42. The summed E-state index contributed by atoms with van der Waals surface area (Å²) in [5, 5.41) is 12.8. The van der Waals surface area contributed by atoms with Crippen molar-refractivity contribution >= 4 is 40.9 Å². The third-order valence-electron chi connectivity index (χ3n) is 3.65. The van der Waals surface area contributed by atoms with Crippen molar-refractivity contribution in [2.75, 3.05) is 11.9 Å². The van der Waals surface area contributed by atoms with Crippen molar-refractivity contribution in [3.8, 4) is 11.8 Å². The van der Waals surface area contributed by atoms with E-state index in [4.69, 9.17) is 27.9 Å². The van der Waals surface area contributed by atoms with E-state index in [9.17, 15) is 10.1 Å². The number of ether oxygens (including phenoxy) is 1. The molecule has 0 aliphatic rings. The number of aryl methyl sites for hydroxylation is 1. The first-order chi connectivity index (χ1) is 12.8. The van der Waals surface area contributed by atoms with Crippen LogP contribution in [0.3, 0.4) is 0 Å². The Morgan fingerprint density at radius 3 is 2.44 bits per heavy atom. The molecule has 0 aliphatic heterocycles. The van der Waals surface area contributed by atoms with Gasteiger partial charge in [-0.1, -0.05) is 55.2 Å². The average molecular weight is 403 g/mol. The van der Waals surface area contributed by atoms with Crippen LogP contribution in [0.1, 0.15) is 25.0 Å². The van der Waals surface area contributed by atoms with Crippen LogP contribution in [0.2, 0.25) is 10.0 Å². The van der Waals surface area contributed by atoms with E-state index in [-0.39, 0.29) is 5.57 Å². The van der Waals surface area contributed by atoms with Gasteiger partial charge in [0.15, 0.2) is 5.75 Å². The molecule has 0 saturated carbocycles. The second kappa shape index (κ2) is 9.45. The van der Waals surface area contributed by atoms with Crippen molar-refractivity contribution in [1.29, 1.82) is 5.26 Å². The summed E-state index contributed by atoms with van der Waals surface area (Å²) in [6, 6.07) is 12.5. The molecule has 0 heterocycles. The minimum atomic E-state index is -0.501. The second-order valence-corrected chi connectivity index (χ2v) is 7.27. The van der Waals surface area contributed by atoms with E-state index < -0.39 is 5.91 Å². The topological polar surface area (TPSA) is 62.1 Å². The molecule has 2 aromatic carbocycles. The van der Waals surface area contributed by atoms with Crippen LogP contribution in [0.15, 0.2) is 42.0 Å². The van der Waals surface area contributed by atoms with E-state index in [2.05, 4.69) is 5.32 Å². The summed E-state index contributed by atoms with van der Waals surface area (Å²) in [5.41, 5.74) is 2.04. The number of nitrogens with zero attached hydrogens (tertiary/aromatic N) is 1. The molecule has 0 spiro atoms. The molecule has 0 aliphatic carbocycles. The van der Waals surface area contributed by atoms with E-state index in [1.807, 2.05) is 45.0 Å². The number of anilines is 1. The number of hydrogen-bond acceptors (Lipinski definition) is 3. The number of halogens is 2. The van der Waals surface area contributed by atoms with Gasteiger partial charge in [-0.3, -0.25) is 4.79 Å². The Balaban J connectivity index is 2.25. The third-order valence-corrected chi connectivity index (χ3v) is 4.21. The predicted octanol–water partition coefficient (Wildman–Crippen LogP) is 5.88. The molecule has 2 rings (SSSR count). The number of para-hydroxylation sites is 1. The predicted molar refractivity (Wildman–Crippen MR) is 110 cm³/mol. The summed E-state index contributed by atoms with van der Waals surface area (Å²) in [5.74, 6) is 0.221. The molecule has 140 valence electrons. The quantitative estimate of drug-likeness (QED) is 0.484. The Hall–Kier alpha value is -2.48. The lowest BCUT2D eigenvalue weighted by molar-refractivity contribution is -0.112. The minimum absolute atomic E-state index is 0.0544. The third kappa shape index (κ3) is 5.75. The highest BCUT2D eigenvalue weighted by Crippen LogP contribution is 2.35. The molecule has 1 N–H and O–H groups in total. The molecule has 0 aromatic heterocycles. The monoisotopic (exact) mass is 402 g/mol. The smallest absolute Gasteiger partial charge is 0.266 e. The van der Waals surface area contributed by atoms with E-state index in [1.54, 1.807) is 18.2 Å². The molecule has 0 saturated heterocycles. The second-order valence-electron chi connectivity index (χ2n) is 6.46. The van der Waals surface area contributed by atoms with E-state index in [0.717, 1.165) is 5.56 Å². The number of nitrogens with one attached hydrogen (secondary N) is 1. The Bertz CT molecular complexity index is 892. The SMILES string of the molecule is Cc1ccccc1NC(=O)/C(C#N)=C/c1cc(Cl)c(OCC(C)C)c(Cl)c1. The Kier molecular flexibility index (Phi) is 7.29. The molecular weight excluding hydrogens is 383 g/mol. The molecule has 0 fully saturated rings. The Labute approximate surface area is 169 Å². The molecule has 0 bridgehead atoms. The lowest BCUT2D eigenvalue weighted by Gasteiger charge is -2.12. The zero-order valence-corrected chi connectivity index (χ0v) is 16.9. The van der Waals surface area contributed by atoms with Crippen LogP contribution < -0.4 is 10.1 Å². The van der Waals surface area contributed by atoms with Crippen LogP contribution in [0.5, 0.6) is 5.75 Å². The van der Waals surface area contributed by atoms with Crippen molar-refractivity contribution in [1.82, 2.24) is 0 Å². The Morgan fingerprint density at radius 2 is 1.89 bits per heavy atom. The molecule has 0 radical (unpaired) electrons. The van der Waals surface area contributed by atoms with Crippen LogP contribution in [0, 0.1) is 24.2 Å². The summed E-state index contributed by atoms with van der Waals surface area (Å²) < 4.78 is 5.63. The van der Waals surface area contributed by atoms with Gasteiger partial charge in [-0.05, 0) is 48.2 Å². The first kappa shape index (κ1) is 20.8. The summed E-state index contributed by atoms with van der Waals surface area (Å²) in [7, 11) is 0. The van der Waals surface area contributed by atoms with Crippen molar-refractivity contribution in [2.45, 2.75) is 20.8 Å². The number of benzene rings is 2. The van der Waals surface area contributed by atoms with Crippen LogP contribution in [-0.2, 0) is 4.79 Å². The number of carbonyl (C=O) groups is 1. The fourth-order valence-electron chi connectivity index (χ4n) is 2.27. The maximum Gasteiger partial charge on any atom is 0.266 e. The van der Waals surface area contributed by atoms with E-state index in [0.29, 0.717) is 39.6 Å². The lowest BCUT2D eigenvalue weighted by atomic mass is 10.1. The maximum absolute atomic E-state index is 12.4. The van der Waals surface area contributed by atoms with Gasteiger partial charge in [-0.15, -0.1) is 0 Å². The number of amides is 1. The maximum atomic E-state index is 12.4. The van der Waals surface area contributed by atoms with Crippen molar-refractivity contribution < 1.29 is 9.53 Å². The van der Waals surface area contributed by atoms with Gasteiger partial charge in [-0.25, -0.2) is 0 Å². The van der Waals surface area contributed by atoms with Crippen molar-refractivity contribution in [3.05, 3.63) is 63.1 Å². The molecule has 6 heteroatoms. The van der Waals surface area contributed by atoms with Crippen LogP contribution in [0.25, 0.3) is 6.08 Å². The van der Waals surface area contributed by atoms with Crippen LogP contribution in [0.4, 0.5) is 5.69 Å². The van der Waals surface area contributed by atoms with Crippen LogP contribution in [-0.4, -0.2) is 12.5 Å². The first-order valence-corrected chi connectivity index (χ1v) is 9.18. The molecule has 1 amide bonds. The summed E-state index contributed by atoms with van der Waals surface area (Å²) >= 11 is 12.5. The van der Waals surface area contributed by atoms with Crippen molar-refractivity contribution in [2.24, 2.45) is 5.92 Å². The van der Waals surface area contributed by atoms with E-state index in [1.165, 1.54) is 6.08 Å². The minimum Gasteiger partial charge on any atom is -0.490 e. The van der Waals surface area contributed by atoms with Gasteiger partial charge in [0.25, 0.3) is 5.91 Å². The van der Waals surface area contributed by atoms with Gasteiger partial charge in [0.05, 0.1) is 16.7 Å². The molecule has 4 nitrogen and oxygen atoms in total. The molecule has 0 unspecified atom stereocenters. The lowest BCUT2D eigenvalue weighted by Crippen LogP contribution is -2.14. The largest absolute Gasteiger partial charge is 0.490 e. The highest BCUT2D eigenvalue weighted by Gasteiger charge is 2.14. The highest BCUT2D eigenvalue weighted by atomic mass is 35.5. The number of rotatable bonds is 6. The zero-order chi connectivity index (χ0) is 20.0. The Morgan fingerprint density at radius 1 is 1.26 bits per heavy atom. The molecule has 27 heavy (non-hydrogen) atoms. The summed E-state index contributed by atoms with van der Waals surface area (Å²) in [6.45, 7) is 6.40. The van der Waals surface area contributed by atoms with Gasteiger partial charge in [0.1, 0.15) is 11.6 Å².